The molecule has 3 aromatic rings. The number of fused-ring (bicyclic) bond motifs is 1. The second kappa shape index (κ2) is 34.5. The zero-order chi connectivity index (χ0) is 60.2. The van der Waals surface area contributed by atoms with Gasteiger partial charge in [-0.25, -0.2) is 4.98 Å². The molecule has 28 nitrogen and oxygen atoms in total. The van der Waals surface area contributed by atoms with Crippen LogP contribution in [0.5, 0.6) is 0 Å². The first-order valence-electron chi connectivity index (χ1n) is 27.1. The van der Waals surface area contributed by atoms with E-state index in [1.807, 2.05) is 20.8 Å². The predicted molar refractivity (Wildman–Crippen MR) is 297 cm³/mol. The number of H-pyrrole nitrogens is 2. The number of carbonyl (C=O) groups excluding carboxylic acids is 12. The van der Waals surface area contributed by atoms with E-state index in [0.717, 1.165) is 17.3 Å². The highest BCUT2D eigenvalue weighted by Gasteiger charge is 2.34. The van der Waals surface area contributed by atoms with E-state index in [-0.39, 0.29) is 82.8 Å². The summed E-state index contributed by atoms with van der Waals surface area (Å²) in [6.45, 7) is 9.60. The first kappa shape index (κ1) is 66.8. The highest BCUT2D eigenvalue weighted by molar-refractivity contribution is 5.98. The largest absolute Gasteiger partial charge is 0.370 e. The third kappa shape index (κ3) is 24.2. The monoisotopic (exact) mass is 1130 g/mol. The van der Waals surface area contributed by atoms with Gasteiger partial charge in [-0.05, 0) is 49.7 Å². The molecule has 18 N–H and O–H groups in total. The fourth-order valence-corrected chi connectivity index (χ4v) is 8.24. The lowest BCUT2D eigenvalue weighted by Gasteiger charge is -2.26. The Balaban J connectivity index is 1.72. The van der Waals surface area contributed by atoms with Crippen molar-refractivity contribution in [2.75, 3.05) is 26.2 Å². The third-order valence-electron chi connectivity index (χ3n) is 12.7. The Bertz CT molecular complexity index is 2620. The molecule has 2 aromatic heterocycles. The highest BCUT2D eigenvalue weighted by Crippen LogP contribution is 2.20. The fourth-order valence-electron chi connectivity index (χ4n) is 8.24. The van der Waals surface area contributed by atoms with Crippen molar-refractivity contribution in [3.05, 3.63) is 54.2 Å². The molecule has 0 saturated heterocycles. The van der Waals surface area contributed by atoms with Gasteiger partial charge in [-0.1, -0.05) is 65.7 Å². The molecule has 0 saturated carbocycles. The van der Waals surface area contributed by atoms with Crippen molar-refractivity contribution in [2.45, 2.75) is 154 Å². The SMILES string of the molecule is CCCC[C@H](NC(=O)[C@H](CC(C)C)NC(=O)[C@H](Cc1c[nH]cn1)NC(=O)CNC(=O)C(NC(=O)[C@H](C)NC(=O)[C@H](Cc1c[nH]c2ccccc12)NC(=O)[C@H](CCC(N)=O)NC(=O)CCNC(=O)CCNC(=O)CCN)C(C)C)C(N)=O. The normalized spacial score (nSPS) is 13.7. The Kier molecular flexibility index (Phi) is 28.5. The average molecular weight is 1140 g/mol. The van der Waals surface area contributed by atoms with Crippen molar-refractivity contribution in [1.29, 1.82) is 0 Å². The standard InChI is InChI=1S/C53H82N16O12/c1-7-8-12-36(47(56)75)66-51(79)38(22-29(2)3)67-52(80)40(24-33-26-57-28-62-33)65-45(74)27-61-53(81)46(30(4)5)69-48(76)31(6)63-50(78)39(23-32-25-60-35-13-10-9-11-34(32)35)68-49(77)37(14-15-41(55)70)64-44(73)18-21-59-43(72)17-20-58-42(71)16-19-54/h9-11,13,25-26,28-31,36-40,46,60H,7-8,12,14-24,27,54H2,1-6H3,(H2,55,70)(H2,56,75)(H,57,62)(H,58,71)(H,59,72)(H,61,81)(H,63,78)(H,64,73)(H,65,74)(H,66,79)(H,67,80)(H,68,77)(H,69,76)/t31-,36-,37-,38-,39-,40-,46?/m0/s1. The van der Waals surface area contributed by atoms with Crippen molar-refractivity contribution >= 4 is 81.8 Å². The maximum Gasteiger partial charge on any atom is 0.243 e. The minimum atomic E-state index is -1.39. The lowest BCUT2D eigenvalue weighted by atomic mass is 10.0. The number of nitrogens with two attached hydrogens (primary N) is 3. The van der Waals surface area contributed by atoms with Crippen LogP contribution in [0.1, 0.15) is 111 Å². The molecule has 1 unspecified atom stereocenters. The molecule has 0 fully saturated rings. The summed E-state index contributed by atoms with van der Waals surface area (Å²) in [6.07, 6.45) is 5.30. The number of nitrogens with one attached hydrogen (secondary N) is 12. The average Bonchev–Trinajstić information content (AvgIpc) is 4.08. The summed E-state index contributed by atoms with van der Waals surface area (Å²) in [5.41, 5.74) is 18.0. The molecule has 12 amide bonds. The van der Waals surface area contributed by atoms with Gasteiger partial charge in [0.15, 0.2) is 0 Å². The van der Waals surface area contributed by atoms with Crippen molar-refractivity contribution in [1.82, 2.24) is 68.1 Å². The zero-order valence-electron chi connectivity index (χ0n) is 46.9. The number of para-hydroxylation sites is 1. The first-order chi connectivity index (χ1) is 38.4. The van der Waals surface area contributed by atoms with E-state index in [4.69, 9.17) is 17.2 Å². The van der Waals surface area contributed by atoms with Crippen LogP contribution in [0.3, 0.4) is 0 Å². The number of nitrogens with zero attached hydrogens (tertiary/aromatic N) is 1. The molecule has 0 radical (unpaired) electrons. The molecule has 0 aliphatic rings. The Labute approximate surface area is 470 Å². The summed E-state index contributed by atoms with van der Waals surface area (Å²) in [6, 6.07) is -1.57. The van der Waals surface area contributed by atoms with Gasteiger partial charge >= 0.3 is 0 Å². The number of hydrogen-bond donors (Lipinski definition) is 15. The summed E-state index contributed by atoms with van der Waals surface area (Å²) in [4.78, 5) is 167. The summed E-state index contributed by atoms with van der Waals surface area (Å²) < 4.78 is 0. The maximum atomic E-state index is 14.2. The molecule has 3 rings (SSSR count). The van der Waals surface area contributed by atoms with E-state index >= 15 is 0 Å². The lowest BCUT2D eigenvalue weighted by Crippen LogP contribution is -2.59. The minimum Gasteiger partial charge on any atom is -0.370 e. The van der Waals surface area contributed by atoms with Crippen molar-refractivity contribution < 1.29 is 57.5 Å². The van der Waals surface area contributed by atoms with E-state index in [9.17, 15) is 57.5 Å². The molecule has 0 aliphatic carbocycles. The number of amides is 12. The van der Waals surface area contributed by atoms with Gasteiger partial charge in [0.05, 0.1) is 18.6 Å². The number of rotatable bonds is 37. The molecule has 7 atom stereocenters. The fraction of sp³-hybridized carbons (Fsp3) is 0.566. The van der Waals surface area contributed by atoms with Gasteiger partial charge in [0, 0.05) is 81.5 Å². The van der Waals surface area contributed by atoms with E-state index in [1.54, 1.807) is 44.3 Å². The van der Waals surface area contributed by atoms with Crippen molar-refractivity contribution in [2.24, 2.45) is 29.0 Å². The van der Waals surface area contributed by atoms with Crippen molar-refractivity contribution in [3.8, 4) is 0 Å². The molecule has 446 valence electrons. The van der Waals surface area contributed by atoms with Crippen LogP contribution >= 0.6 is 0 Å². The maximum absolute atomic E-state index is 14.2. The van der Waals surface area contributed by atoms with Crippen LogP contribution in [-0.4, -0.2) is 154 Å². The highest BCUT2D eigenvalue weighted by atomic mass is 16.2. The quantitative estimate of drug-likeness (QED) is 0.0278. The van der Waals surface area contributed by atoms with Crippen LogP contribution in [0.4, 0.5) is 0 Å². The van der Waals surface area contributed by atoms with Crippen LogP contribution in [0, 0.1) is 11.8 Å². The molecular formula is C53H82N16O12. The molecule has 1 aromatic carbocycles. The molecule has 0 spiro atoms. The first-order valence-corrected chi connectivity index (χ1v) is 27.1. The van der Waals surface area contributed by atoms with E-state index < -0.39 is 120 Å². The molecular weight excluding hydrogens is 1050 g/mol. The number of benzene rings is 1. The Hall–Kier alpha value is -8.43. The Morgan fingerprint density at radius 3 is 1.79 bits per heavy atom. The zero-order valence-corrected chi connectivity index (χ0v) is 46.9. The van der Waals surface area contributed by atoms with Gasteiger partial charge < -0.3 is 80.3 Å². The van der Waals surface area contributed by atoms with Gasteiger partial charge in [-0.2, -0.15) is 0 Å². The van der Waals surface area contributed by atoms with Crippen molar-refractivity contribution in [3.63, 3.8) is 0 Å². The van der Waals surface area contributed by atoms with E-state index in [1.165, 1.54) is 19.4 Å². The Morgan fingerprint density at radius 2 is 1.17 bits per heavy atom. The molecule has 2 heterocycles. The van der Waals surface area contributed by atoms with Crippen LogP contribution in [0.15, 0.2) is 43.0 Å². The molecule has 0 bridgehead atoms. The van der Waals surface area contributed by atoms with E-state index in [2.05, 4.69) is 68.1 Å². The number of aromatic amines is 2. The number of primary amides is 2. The summed E-state index contributed by atoms with van der Waals surface area (Å²) >= 11 is 0. The second-order valence-corrected chi connectivity index (χ2v) is 20.3. The number of aromatic nitrogens is 3. The number of hydrogen-bond acceptors (Lipinski definition) is 14. The van der Waals surface area contributed by atoms with Gasteiger partial charge in [-0.3, -0.25) is 57.5 Å². The topological polar surface area (TPSA) is 448 Å². The lowest BCUT2D eigenvalue weighted by molar-refractivity contribution is -0.135. The molecule has 81 heavy (non-hydrogen) atoms. The van der Waals surface area contributed by atoms with Crippen LogP contribution in [-0.2, 0) is 70.4 Å². The summed E-state index contributed by atoms with van der Waals surface area (Å²) in [5.74, 6) is -9.13. The Morgan fingerprint density at radius 1 is 0.580 bits per heavy atom. The summed E-state index contributed by atoms with van der Waals surface area (Å²) in [7, 11) is 0. The number of imidazole rings is 1. The minimum absolute atomic E-state index is 0.0518. The van der Waals surface area contributed by atoms with E-state index in [0.29, 0.717) is 24.1 Å². The van der Waals surface area contributed by atoms with Gasteiger partial charge in [-0.15, -0.1) is 0 Å². The van der Waals surface area contributed by atoms with Crippen LogP contribution < -0.4 is 70.4 Å². The van der Waals surface area contributed by atoms with Crippen LogP contribution in [0.25, 0.3) is 10.9 Å². The predicted octanol–water partition coefficient (Wildman–Crippen LogP) is -2.79. The number of unbranched alkanes of at least 4 members (excludes halogenated alkanes) is 1. The molecule has 0 aliphatic heterocycles. The second-order valence-electron chi connectivity index (χ2n) is 20.3. The molecule has 28 heteroatoms. The van der Waals surface area contributed by atoms with Gasteiger partial charge in [0.2, 0.25) is 70.9 Å². The summed E-state index contributed by atoms with van der Waals surface area (Å²) in [5, 5.41) is 26.6. The van der Waals surface area contributed by atoms with Gasteiger partial charge in [0.1, 0.15) is 42.3 Å². The van der Waals surface area contributed by atoms with Crippen LogP contribution in [0.2, 0.25) is 0 Å². The third-order valence-corrected chi connectivity index (χ3v) is 12.7. The number of carbonyl (C=O) groups is 12. The van der Waals surface area contributed by atoms with Gasteiger partial charge in [0.25, 0.3) is 0 Å². The smallest absolute Gasteiger partial charge is 0.243 e.